The first kappa shape index (κ1) is 14.7. The van der Waals surface area contributed by atoms with Crippen LogP contribution in [0.4, 0.5) is 10.5 Å². The molecular formula is C14H17ClN2O3. The Morgan fingerprint density at radius 1 is 1.55 bits per heavy atom. The lowest BCUT2D eigenvalue weighted by Gasteiger charge is -2.13. The number of cyclic esters (lactones) is 1. The first-order valence-electron chi connectivity index (χ1n) is 6.49. The van der Waals surface area contributed by atoms with E-state index in [2.05, 4.69) is 5.32 Å². The van der Waals surface area contributed by atoms with Crippen LogP contribution in [-0.4, -0.2) is 31.2 Å². The zero-order chi connectivity index (χ0) is 14.7. The van der Waals surface area contributed by atoms with Gasteiger partial charge in [0.25, 0.3) is 0 Å². The average Bonchev–Trinajstić information content (AvgIpc) is 2.77. The Hall–Kier alpha value is -1.75. The van der Waals surface area contributed by atoms with E-state index in [9.17, 15) is 9.59 Å². The molecule has 5 nitrogen and oxygen atoms in total. The highest BCUT2D eigenvalue weighted by molar-refractivity contribution is 6.30. The maximum Gasteiger partial charge on any atom is 0.414 e. The molecule has 0 saturated carbocycles. The minimum Gasteiger partial charge on any atom is -0.442 e. The number of hydrogen-bond acceptors (Lipinski definition) is 3. The summed E-state index contributed by atoms with van der Waals surface area (Å²) in [5.41, 5.74) is 0.695. The molecule has 6 heteroatoms. The normalized spacial score (nSPS) is 18.3. The Labute approximate surface area is 122 Å². The summed E-state index contributed by atoms with van der Waals surface area (Å²) in [6.07, 6.45) is -0.764. The Bertz CT molecular complexity index is 519. The Morgan fingerprint density at radius 3 is 2.95 bits per heavy atom. The summed E-state index contributed by atoms with van der Waals surface area (Å²) in [4.78, 5) is 24.8. The van der Waals surface area contributed by atoms with Gasteiger partial charge in [0.05, 0.1) is 13.1 Å². The standard InChI is InChI=1S/C14H17ClN2O3/c1-9(2)13(18)16-7-12-8-17(14(19)20-12)11-5-3-4-10(15)6-11/h3-6,9,12H,7-8H2,1-2H3,(H,16,18). The molecule has 1 aromatic carbocycles. The molecule has 2 amide bonds. The van der Waals surface area contributed by atoms with E-state index in [1.165, 1.54) is 4.90 Å². The lowest BCUT2D eigenvalue weighted by atomic mass is 10.2. The molecule has 1 aliphatic rings. The van der Waals surface area contributed by atoms with Crippen molar-refractivity contribution in [3.8, 4) is 0 Å². The van der Waals surface area contributed by atoms with Crippen molar-refractivity contribution in [2.24, 2.45) is 5.92 Å². The number of rotatable bonds is 4. The third-order valence-corrected chi connectivity index (χ3v) is 3.26. The number of benzene rings is 1. The summed E-state index contributed by atoms with van der Waals surface area (Å²) < 4.78 is 5.23. The van der Waals surface area contributed by atoms with E-state index >= 15 is 0 Å². The fraction of sp³-hybridized carbons (Fsp3) is 0.429. The van der Waals surface area contributed by atoms with Crippen LogP contribution in [0.15, 0.2) is 24.3 Å². The monoisotopic (exact) mass is 296 g/mol. The van der Waals surface area contributed by atoms with Gasteiger partial charge in [-0.05, 0) is 18.2 Å². The van der Waals surface area contributed by atoms with Crippen molar-refractivity contribution in [1.82, 2.24) is 5.32 Å². The van der Waals surface area contributed by atoms with Crippen LogP contribution in [0.1, 0.15) is 13.8 Å². The molecule has 1 aliphatic heterocycles. The minimum atomic E-state index is -0.420. The summed E-state index contributed by atoms with van der Waals surface area (Å²) in [6, 6.07) is 7.02. The van der Waals surface area contributed by atoms with E-state index in [0.717, 1.165) is 0 Å². The van der Waals surface area contributed by atoms with E-state index < -0.39 is 6.09 Å². The molecular weight excluding hydrogens is 280 g/mol. The highest BCUT2D eigenvalue weighted by Gasteiger charge is 2.32. The number of nitrogens with zero attached hydrogens (tertiary/aromatic N) is 1. The molecule has 1 N–H and O–H groups in total. The largest absolute Gasteiger partial charge is 0.442 e. The van der Waals surface area contributed by atoms with Crippen LogP contribution in [0.5, 0.6) is 0 Å². The smallest absolute Gasteiger partial charge is 0.414 e. The summed E-state index contributed by atoms with van der Waals surface area (Å²) in [7, 11) is 0. The fourth-order valence-corrected chi connectivity index (χ4v) is 2.09. The van der Waals surface area contributed by atoms with E-state index in [1.54, 1.807) is 24.3 Å². The summed E-state index contributed by atoms with van der Waals surface area (Å²) >= 11 is 5.91. The number of ether oxygens (including phenoxy) is 1. The van der Waals surface area contributed by atoms with Crippen LogP contribution in [0.2, 0.25) is 5.02 Å². The Morgan fingerprint density at radius 2 is 2.30 bits per heavy atom. The minimum absolute atomic E-state index is 0.0535. The quantitative estimate of drug-likeness (QED) is 0.928. The van der Waals surface area contributed by atoms with Crippen molar-refractivity contribution in [3.05, 3.63) is 29.3 Å². The molecule has 0 aliphatic carbocycles. The fourth-order valence-electron chi connectivity index (χ4n) is 1.90. The van der Waals surface area contributed by atoms with Crippen molar-refractivity contribution in [2.75, 3.05) is 18.0 Å². The van der Waals surface area contributed by atoms with E-state index in [1.807, 2.05) is 13.8 Å². The van der Waals surface area contributed by atoms with Gasteiger partial charge in [0.1, 0.15) is 6.10 Å². The molecule has 1 saturated heterocycles. The van der Waals surface area contributed by atoms with Crippen LogP contribution in [0, 0.1) is 5.92 Å². The second-order valence-corrected chi connectivity index (χ2v) is 5.43. The summed E-state index contributed by atoms with van der Waals surface area (Å²) in [6.45, 7) is 4.35. The maximum atomic E-state index is 11.8. The average molecular weight is 297 g/mol. The molecule has 1 fully saturated rings. The molecule has 2 rings (SSSR count). The first-order valence-corrected chi connectivity index (χ1v) is 6.86. The maximum absolute atomic E-state index is 11.8. The van der Waals surface area contributed by atoms with E-state index in [4.69, 9.17) is 16.3 Å². The Balaban J connectivity index is 1.95. The predicted octanol–water partition coefficient (Wildman–Crippen LogP) is 2.44. The SMILES string of the molecule is CC(C)C(=O)NCC1CN(c2cccc(Cl)c2)C(=O)O1. The second-order valence-electron chi connectivity index (χ2n) is 5.00. The molecule has 0 spiro atoms. The highest BCUT2D eigenvalue weighted by Crippen LogP contribution is 2.24. The molecule has 1 unspecified atom stereocenters. The molecule has 1 atom stereocenters. The van der Waals surface area contributed by atoms with Gasteiger partial charge >= 0.3 is 6.09 Å². The van der Waals surface area contributed by atoms with E-state index in [0.29, 0.717) is 23.8 Å². The lowest BCUT2D eigenvalue weighted by Crippen LogP contribution is -2.36. The lowest BCUT2D eigenvalue weighted by molar-refractivity contribution is -0.124. The van der Waals surface area contributed by atoms with Crippen LogP contribution in [0.3, 0.4) is 0 Å². The number of carbonyl (C=O) groups excluding carboxylic acids is 2. The molecule has 108 valence electrons. The van der Waals surface area contributed by atoms with E-state index in [-0.39, 0.29) is 17.9 Å². The highest BCUT2D eigenvalue weighted by atomic mass is 35.5. The number of carbonyl (C=O) groups is 2. The molecule has 0 aromatic heterocycles. The zero-order valence-electron chi connectivity index (χ0n) is 11.4. The molecule has 1 aromatic rings. The van der Waals surface area contributed by atoms with Gasteiger partial charge in [-0.15, -0.1) is 0 Å². The van der Waals surface area contributed by atoms with Gasteiger partial charge in [0, 0.05) is 16.6 Å². The van der Waals surface area contributed by atoms with Crippen LogP contribution in [-0.2, 0) is 9.53 Å². The van der Waals surface area contributed by atoms with Gasteiger partial charge in [0.2, 0.25) is 5.91 Å². The van der Waals surface area contributed by atoms with Crippen molar-refractivity contribution < 1.29 is 14.3 Å². The topological polar surface area (TPSA) is 58.6 Å². The van der Waals surface area contributed by atoms with Crippen LogP contribution < -0.4 is 10.2 Å². The predicted molar refractivity (Wildman–Crippen MR) is 76.9 cm³/mol. The second kappa shape index (κ2) is 6.13. The van der Waals surface area contributed by atoms with Gasteiger partial charge < -0.3 is 10.1 Å². The number of anilines is 1. The van der Waals surface area contributed by atoms with Crippen molar-refractivity contribution >= 4 is 29.3 Å². The molecule has 20 heavy (non-hydrogen) atoms. The van der Waals surface area contributed by atoms with Gasteiger partial charge in [-0.1, -0.05) is 31.5 Å². The van der Waals surface area contributed by atoms with Crippen molar-refractivity contribution in [1.29, 1.82) is 0 Å². The molecule has 0 bridgehead atoms. The number of halogens is 1. The van der Waals surface area contributed by atoms with Gasteiger partial charge in [-0.25, -0.2) is 4.79 Å². The summed E-state index contributed by atoms with van der Waals surface area (Å²) in [5.74, 6) is -0.140. The zero-order valence-corrected chi connectivity index (χ0v) is 12.2. The van der Waals surface area contributed by atoms with Gasteiger partial charge in [0.15, 0.2) is 0 Å². The van der Waals surface area contributed by atoms with Crippen LogP contribution in [0.25, 0.3) is 0 Å². The third kappa shape index (κ3) is 3.42. The van der Waals surface area contributed by atoms with Crippen LogP contribution >= 0.6 is 11.6 Å². The number of amides is 2. The summed E-state index contributed by atoms with van der Waals surface area (Å²) in [5, 5.41) is 3.32. The van der Waals surface area contributed by atoms with Gasteiger partial charge in [-0.2, -0.15) is 0 Å². The third-order valence-electron chi connectivity index (χ3n) is 3.02. The molecule has 1 heterocycles. The number of hydrogen-bond donors (Lipinski definition) is 1. The number of nitrogens with one attached hydrogen (secondary N) is 1. The first-order chi connectivity index (χ1) is 9.47. The van der Waals surface area contributed by atoms with Crippen molar-refractivity contribution in [2.45, 2.75) is 20.0 Å². The van der Waals surface area contributed by atoms with Crippen molar-refractivity contribution in [3.63, 3.8) is 0 Å². The van der Waals surface area contributed by atoms with Gasteiger partial charge in [-0.3, -0.25) is 9.69 Å². The molecule has 0 radical (unpaired) electrons. The Kier molecular flexibility index (Phi) is 4.49.